The Morgan fingerprint density at radius 3 is 2.79 bits per heavy atom. The van der Waals surface area contributed by atoms with Crippen molar-refractivity contribution in [1.29, 1.82) is 0 Å². The van der Waals surface area contributed by atoms with Crippen molar-refractivity contribution >= 4 is 5.95 Å². The lowest BCUT2D eigenvalue weighted by molar-refractivity contribution is 0.181. The average molecular weight is 268 g/mol. The van der Waals surface area contributed by atoms with E-state index in [0.29, 0.717) is 31.6 Å². The van der Waals surface area contributed by atoms with Crippen LogP contribution in [-0.4, -0.2) is 49.9 Å². The molecule has 0 aliphatic carbocycles. The molecule has 6 nitrogen and oxygen atoms in total. The zero-order valence-electron chi connectivity index (χ0n) is 12.2. The Kier molecular flexibility index (Phi) is 6.52. The third-order valence-corrected chi connectivity index (χ3v) is 2.50. The number of anilines is 1. The molecule has 0 bridgehead atoms. The van der Waals surface area contributed by atoms with E-state index in [1.807, 2.05) is 24.9 Å². The fourth-order valence-electron chi connectivity index (χ4n) is 1.68. The highest BCUT2D eigenvalue weighted by molar-refractivity contribution is 5.33. The Labute approximate surface area is 114 Å². The summed E-state index contributed by atoms with van der Waals surface area (Å²) in [5, 5.41) is 0. The van der Waals surface area contributed by atoms with Gasteiger partial charge >= 0.3 is 0 Å². The summed E-state index contributed by atoms with van der Waals surface area (Å²) in [7, 11) is 3.55. The minimum absolute atomic E-state index is 0.0703. The number of rotatable bonds is 8. The number of methoxy groups -OCH3 is 1. The Morgan fingerprint density at radius 2 is 2.16 bits per heavy atom. The summed E-state index contributed by atoms with van der Waals surface area (Å²) in [6.07, 6.45) is 0.951. The van der Waals surface area contributed by atoms with Gasteiger partial charge in [-0.1, -0.05) is 6.92 Å². The van der Waals surface area contributed by atoms with Crippen LogP contribution in [0.4, 0.5) is 5.95 Å². The van der Waals surface area contributed by atoms with E-state index in [0.717, 1.165) is 12.1 Å². The molecule has 19 heavy (non-hydrogen) atoms. The quantitative estimate of drug-likeness (QED) is 0.757. The van der Waals surface area contributed by atoms with E-state index in [9.17, 15) is 0 Å². The Hall–Kier alpha value is -1.40. The SMILES string of the molecule is CCCOc1cc(C)nc(N(C)CC(N)COC)n1. The molecule has 2 N–H and O–H groups in total. The largest absolute Gasteiger partial charge is 0.478 e. The van der Waals surface area contributed by atoms with Gasteiger partial charge in [0.1, 0.15) is 0 Å². The molecular weight excluding hydrogens is 244 g/mol. The smallest absolute Gasteiger partial charge is 0.228 e. The zero-order chi connectivity index (χ0) is 14.3. The molecule has 6 heteroatoms. The van der Waals surface area contributed by atoms with E-state index in [-0.39, 0.29) is 6.04 Å². The number of hydrogen-bond donors (Lipinski definition) is 1. The van der Waals surface area contributed by atoms with E-state index in [4.69, 9.17) is 15.2 Å². The lowest BCUT2D eigenvalue weighted by Gasteiger charge is -2.21. The predicted molar refractivity (Wildman–Crippen MR) is 75.7 cm³/mol. The van der Waals surface area contributed by atoms with Crippen molar-refractivity contribution in [2.45, 2.75) is 26.3 Å². The van der Waals surface area contributed by atoms with Gasteiger partial charge in [0.2, 0.25) is 11.8 Å². The summed E-state index contributed by atoms with van der Waals surface area (Å²) in [6, 6.07) is 1.77. The van der Waals surface area contributed by atoms with Crippen LogP contribution in [0.25, 0.3) is 0 Å². The molecule has 0 aromatic carbocycles. The van der Waals surface area contributed by atoms with Gasteiger partial charge in [0, 0.05) is 38.5 Å². The van der Waals surface area contributed by atoms with Crippen molar-refractivity contribution in [2.24, 2.45) is 5.73 Å². The van der Waals surface area contributed by atoms with Crippen LogP contribution in [0.1, 0.15) is 19.0 Å². The van der Waals surface area contributed by atoms with Crippen molar-refractivity contribution in [2.75, 3.05) is 38.8 Å². The maximum atomic E-state index is 5.93. The van der Waals surface area contributed by atoms with Crippen LogP contribution in [0.5, 0.6) is 5.88 Å². The summed E-state index contributed by atoms with van der Waals surface area (Å²) in [6.45, 7) is 5.78. The number of aromatic nitrogens is 2. The van der Waals surface area contributed by atoms with Crippen LogP contribution in [-0.2, 0) is 4.74 Å². The maximum absolute atomic E-state index is 5.93. The fraction of sp³-hybridized carbons (Fsp3) is 0.692. The molecule has 0 saturated carbocycles. The van der Waals surface area contributed by atoms with Crippen molar-refractivity contribution in [1.82, 2.24) is 9.97 Å². The molecule has 1 unspecified atom stereocenters. The minimum Gasteiger partial charge on any atom is -0.478 e. The Morgan fingerprint density at radius 1 is 1.42 bits per heavy atom. The van der Waals surface area contributed by atoms with Crippen LogP contribution >= 0.6 is 0 Å². The highest BCUT2D eigenvalue weighted by Gasteiger charge is 2.11. The summed E-state index contributed by atoms with van der Waals surface area (Å²) >= 11 is 0. The molecule has 1 heterocycles. The van der Waals surface area contributed by atoms with Gasteiger partial charge in [-0.15, -0.1) is 0 Å². The van der Waals surface area contributed by atoms with Crippen molar-refractivity contribution in [3.63, 3.8) is 0 Å². The molecule has 0 amide bonds. The molecule has 0 radical (unpaired) electrons. The monoisotopic (exact) mass is 268 g/mol. The maximum Gasteiger partial charge on any atom is 0.228 e. The first-order chi connectivity index (χ1) is 9.06. The second-order valence-corrected chi connectivity index (χ2v) is 4.59. The van der Waals surface area contributed by atoms with E-state index in [1.165, 1.54) is 0 Å². The number of hydrogen-bond acceptors (Lipinski definition) is 6. The third-order valence-electron chi connectivity index (χ3n) is 2.50. The lowest BCUT2D eigenvalue weighted by atomic mass is 10.3. The molecule has 0 spiro atoms. The normalized spacial score (nSPS) is 12.3. The van der Waals surface area contributed by atoms with Crippen LogP contribution < -0.4 is 15.4 Å². The summed E-state index contributed by atoms with van der Waals surface area (Å²) in [5.74, 6) is 1.23. The molecule has 1 aromatic heterocycles. The van der Waals surface area contributed by atoms with Gasteiger partial charge in [-0.05, 0) is 13.3 Å². The van der Waals surface area contributed by atoms with Gasteiger partial charge in [0.05, 0.1) is 13.2 Å². The zero-order valence-corrected chi connectivity index (χ0v) is 12.2. The predicted octanol–water partition coefficient (Wildman–Crippen LogP) is 0.984. The highest BCUT2D eigenvalue weighted by Crippen LogP contribution is 2.14. The van der Waals surface area contributed by atoms with Crippen molar-refractivity contribution in [3.05, 3.63) is 11.8 Å². The molecule has 0 saturated heterocycles. The number of nitrogens with two attached hydrogens (primary N) is 1. The number of likely N-dealkylation sites (N-methyl/N-ethyl adjacent to an activating group) is 1. The van der Waals surface area contributed by atoms with Gasteiger partial charge in [-0.3, -0.25) is 0 Å². The van der Waals surface area contributed by atoms with Crippen LogP contribution in [0.2, 0.25) is 0 Å². The first-order valence-corrected chi connectivity index (χ1v) is 6.51. The summed E-state index contributed by atoms with van der Waals surface area (Å²) < 4.78 is 10.6. The standard InChI is InChI=1S/C13H24N4O2/c1-5-6-19-12-7-10(2)15-13(16-12)17(3)8-11(14)9-18-4/h7,11H,5-6,8-9,14H2,1-4H3. The molecule has 1 aromatic rings. The highest BCUT2D eigenvalue weighted by atomic mass is 16.5. The molecule has 0 aliphatic rings. The van der Waals surface area contributed by atoms with Gasteiger partial charge in [0.25, 0.3) is 0 Å². The second kappa shape index (κ2) is 7.91. The number of nitrogens with zero attached hydrogens (tertiary/aromatic N) is 3. The van der Waals surface area contributed by atoms with E-state index in [1.54, 1.807) is 7.11 Å². The minimum atomic E-state index is -0.0703. The molecule has 0 fully saturated rings. The van der Waals surface area contributed by atoms with E-state index < -0.39 is 0 Å². The molecule has 1 atom stereocenters. The molecular formula is C13H24N4O2. The number of ether oxygens (including phenoxy) is 2. The molecule has 1 rings (SSSR count). The lowest BCUT2D eigenvalue weighted by Crippen LogP contribution is -2.39. The van der Waals surface area contributed by atoms with E-state index >= 15 is 0 Å². The average Bonchev–Trinajstić information content (AvgIpc) is 2.36. The van der Waals surface area contributed by atoms with Crippen LogP contribution in [0.15, 0.2) is 6.07 Å². The first-order valence-electron chi connectivity index (χ1n) is 6.51. The molecule has 108 valence electrons. The van der Waals surface area contributed by atoms with Crippen LogP contribution in [0.3, 0.4) is 0 Å². The third kappa shape index (κ3) is 5.40. The topological polar surface area (TPSA) is 73.5 Å². The van der Waals surface area contributed by atoms with Crippen LogP contribution in [0, 0.1) is 6.92 Å². The second-order valence-electron chi connectivity index (χ2n) is 4.59. The fourth-order valence-corrected chi connectivity index (χ4v) is 1.68. The Balaban J connectivity index is 2.72. The summed E-state index contributed by atoms with van der Waals surface area (Å²) in [5.41, 5.74) is 6.80. The van der Waals surface area contributed by atoms with Crippen molar-refractivity contribution < 1.29 is 9.47 Å². The van der Waals surface area contributed by atoms with E-state index in [2.05, 4.69) is 16.9 Å². The van der Waals surface area contributed by atoms with Gasteiger partial charge in [-0.2, -0.15) is 4.98 Å². The van der Waals surface area contributed by atoms with Gasteiger partial charge in [0.15, 0.2) is 0 Å². The van der Waals surface area contributed by atoms with Gasteiger partial charge in [-0.25, -0.2) is 4.98 Å². The first kappa shape index (κ1) is 15.7. The molecule has 0 aliphatic heterocycles. The number of aryl methyl sites for hydroxylation is 1. The van der Waals surface area contributed by atoms with Crippen molar-refractivity contribution in [3.8, 4) is 5.88 Å². The Bertz CT molecular complexity index is 387. The summed E-state index contributed by atoms with van der Waals surface area (Å²) in [4.78, 5) is 10.7. The van der Waals surface area contributed by atoms with Gasteiger partial charge < -0.3 is 20.1 Å².